The van der Waals surface area contributed by atoms with Crippen LogP contribution >= 0.6 is 0 Å². The maximum Gasteiger partial charge on any atom is 0.310 e. The van der Waals surface area contributed by atoms with E-state index >= 15 is 0 Å². The molecule has 5 aliphatic carbocycles. The molecule has 0 aromatic rings. The molecule has 0 unspecified atom stereocenters. The number of carboxylic acid groups (broad SMARTS) is 1. The zero-order valence-corrected chi connectivity index (χ0v) is 10.9. The van der Waals surface area contributed by atoms with Crippen molar-refractivity contribution in [3.05, 3.63) is 0 Å². The van der Waals surface area contributed by atoms with E-state index in [4.69, 9.17) is 0 Å². The Labute approximate surface area is 111 Å². The van der Waals surface area contributed by atoms with E-state index in [1.165, 1.54) is 12.8 Å². The van der Waals surface area contributed by atoms with Crippen LogP contribution in [0.25, 0.3) is 0 Å². The van der Waals surface area contributed by atoms with Gasteiger partial charge in [-0.2, -0.15) is 0 Å². The highest BCUT2D eigenvalue weighted by Crippen LogP contribution is 2.74. The zero-order valence-electron chi connectivity index (χ0n) is 10.9. The van der Waals surface area contributed by atoms with Crippen LogP contribution in [0.15, 0.2) is 0 Å². The van der Waals surface area contributed by atoms with Gasteiger partial charge in [0, 0.05) is 6.04 Å². The molecule has 0 aromatic carbocycles. The molecule has 0 saturated heterocycles. The summed E-state index contributed by atoms with van der Waals surface area (Å²) in [6.07, 6.45) is 5.53. The Kier molecular flexibility index (Phi) is 1.60. The summed E-state index contributed by atoms with van der Waals surface area (Å²) in [6.45, 7) is 0. The van der Waals surface area contributed by atoms with Crippen molar-refractivity contribution in [3.8, 4) is 0 Å². The average molecular weight is 261 g/mol. The maximum absolute atomic E-state index is 12.6. The van der Waals surface area contributed by atoms with E-state index in [1.807, 2.05) is 0 Å². The lowest BCUT2D eigenvalue weighted by atomic mass is 9.94. The molecule has 102 valence electrons. The van der Waals surface area contributed by atoms with Crippen LogP contribution < -0.4 is 5.32 Å². The van der Waals surface area contributed by atoms with Crippen LogP contribution in [-0.2, 0) is 9.59 Å². The third kappa shape index (κ3) is 1.05. The first-order chi connectivity index (χ1) is 9.09. The van der Waals surface area contributed by atoms with Gasteiger partial charge in [0.1, 0.15) is 0 Å². The van der Waals surface area contributed by atoms with Crippen molar-refractivity contribution < 1.29 is 14.7 Å². The van der Waals surface area contributed by atoms with Gasteiger partial charge >= 0.3 is 5.97 Å². The normalized spacial score (nSPS) is 58.8. The van der Waals surface area contributed by atoms with Crippen molar-refractivity contribution in [3.63, 3.8) is 0 Å². The van der Waals surface area contributed by atoms with E-state index in [9.17, 15) is 14.7 Å². The summed E-state index contributed by atoms with van der Waals surface area (Å²) in [5.74, 6) is 2.54. The van der Waals surface area contributed by atoms with E-state index in [-0.39, 0.29) is 5.91 Å². The minimum Gasteiger partial charge on any atom is -0.481 e. The third-order valence-corrected chi connectivity index (χ3v) is 7.00. The number of fused-ring (bicyclic) bond motifs is 4. The van der Waals surface area contributed by atoms with E-state index in [2.05, 4.69) is 5.32 Å². The van der Waals surface area contributed by atoms with Crippen molar-refractivity contribution in [1.29, 1.82) is 0 Å². The summed E-state index contributed by atoms with van der Waals surface area (Å²) < 4.78 is 0. The van der Waals surface area contributed by atoms with Gasteiger partial charge in [-0.05, 0) is 55.8 Å². The highest BCUT2D eigenvalue weighted by Gasteiger charge is 2.78. The van der Waals surface area contributed by atoms with Crippen molar-refractivity contribution in [1.82, 2.24) is 5.32 Å². The largest absolute Gasteiger partial charge is 0.481 e. The quantitative estimate of drug-likeness (QED) is 0.807. The fraction of sp³-hybridized carbons (Fsp3) is 0.867. The number of nitrogens with one attached hydrogen (secondary N) is 1. The molecule has 5 rings (SSSR count). The first kappa shape index (κ1) is 10.7. The Bertz CT molecular complexity index is 502. The Morgan fingerprint density at radius 1 is 1.00 bits per heavy atom. The molecule has 0 radical (unpaired) electrons. The highest BCUT2D eigenvalue weighted by molar-refractivity contribution is 5.97. The van der Waals surface area contributed by atoms with Crippen LogP contribution in [0.4, 0.5) is 0 Å². The number of aliphatic carboxylic acids is 1. The van der Waals surface area contributed by atoms with Gasteiger partial charge in [0.2, 0.25) is 5.91 Å². The molecular weight excluding hydrogens is 242 g/mol. The predicted octanol–water partition coefficient (Wildman–Crippen LogP) is 1.40. The molecule has 0 aliphatic heterocycles. The molecule has 5 fully saturated rings. The van der Waals surface area contributed by atoms with E-state index in [1.54, 1.807) is 0 Å². The number of amides is 1. The van der Waals surface area contributed by atoms with Crippen LogP contribution in [0.5, 0.6) is 0 Å². The average Bonchev–Trinajstić information content (AvgIpc) is 3.26. The van der Waals surface area contributed by atoms with Crippen LogP contribution in [-0.4, -0.2) is 23.0 Å². The fourth-order valence-electron chi connectivity index (χ4n) is 5.72. The van der Waals surface area contributed by atoms with Gasteiger partial charge in [0.05, 0.1) is 10.8 Å². The standard InChI is InChI=1S/C15H19NO3/c17-12(14-2-1-3-15(14,6-14)13(18)19)16-11-9-4-7(9)8-5-10(8)11/h7-11H,1-6H2,(H,16,17)(H,18,19)/t7-,8-,9-,10-,14+,15-/m1/s1. The summed E-state index contributed by atoms with van der Waals surface area (Å²) in [7, 11) is 0. The highest BCUT2D eigenvalue weighted by atomic mass is 16.4. The third-order valence-electron chi connectivity index (χ3n) is 7.00. The molecule has 19 heavy (non-hydrogen) atoms. The molecule has 0 aromatic heterocycles. The molecule has 1 amide bonds. The van der Waals surface area contributed by atoms with E-state index in [0.717, 1.165) is 36.5 Å². The molecule has 5 saturated carbocycles. The summed E-state index contributed by atoms with van der Waals surface area (Å²) in [6, 6.07) is 0.379. The Balaban J connectivity index is 1.37. The van der Waals surface area contributed by atoms with Crippen molar-refractivity contribution in [2.24, 2.45) is 34.5 Å². The minimum atomic E-state index is -0.750. The number of carbonyl (C=O) groups excluding carboxylic acids is 1. The van der Waals surface area contributed by atoms with Crippen molar-refractivity contribution in [2.75, 3.05) is 0 Å². The first-order valence-corrected chi connectivity index (χ1v) is 7.63. The predicted molar refractivity (Wildman–Crippen MR) is 66.1 cm³/mol. The van der Waals surface area contributed by atoms with Crippen LogP contribution in [0.3, 0.4) is 0 Å². The molecule has 5 aliphatic rings. The summed E-state index contributed by atoms with van der Waals surface area (Å²) in [5.41, 5.74) is -1.25. The molecular formula is C15H19NO3. The number of carboxylic acids is 1. The van der Waals surface area contributed by atoms with Gasteiger partial charge in [-0.25, -0.2) is 0 Å². The number of hydrogen-bond donors (Lipinski definition) is 2. The molecule has 2 N–H and O–H groups in total. The molecule has 0 heterocycles. The SMILES string of the molecule is O=C(O)[C@]12CCC[C@@]1(C(=O)NC1[C@@H]3C[C@@H]3[C@H]3C[C@@H]13)C2. The molecule has 6 atom stereocenters. The van der Waals surface area contributed by atoms with Gasteiger partial charge < -0.3 is 10.4 Å². The van der Waals surface area contributed by atoms with Crippen LogP contribution in [0.2, 0.25) is 0 Å². The second-order valence-corrected chi connectivity index (χ2v) is 7.63. The maximum atomic E-state index is 12.6. The smallest absolute Gasteiger partial charge is 0.310 e. The molecule has 0 spiro atoms. The summed E-state index contributed by atoms with van der Waals surface area (Å²) in [4.78, 5) is 24.1. The Morgan fingerprint density at radius 3 is 2.21 bits per heavy atom. The van der Waals surface area contributed by atoms with Gasteiger partial charge in [-0.15, -0.1) is 0 Å². The van der Waals surface area contributed by atoms with Crippen LogP contribution in [0.1, 0.15) is 38.5 Å². The Morgan fingerprint density at radius 2 is 1.63 bits per heavy atom. The topological polar surface area (TPSA) is 66.4 Å². The second-order valence-electron chi connectivity index (χ2n) is 7.63. The monoisotopic (exact) mass is 261 g/mol. The van der Waals surface area contributed by atoms with Crippen LogP contribution in [0, 0.1) is 34.5 Å². The van der Waals surface area contributed by atoms with Gasteiger partial charge in [0.15, 0.2) is 0 Å². The summed E-state index contributed by atoms with van der Waals surface area (Å²) >= 11 is 0. The minimum absolute atomic E-state index is 0.0654. The van der Waals surface area contributed by atoms with Crippen molar-refractivity contribution >= 4 is 11.9 Å². The number of rotatable bonds is 3. The Hall–Kier alpha value is -1.06. The first-order valence-electron chi connectivity index (χ1n) is 7.63. The molecule has 0 bridgehead atoms. The molecule has 4 nitrogen and oxygen atoms in total. The second kappa shape index (κ2) is 2.84. The lowest BCUT2D eigenvalue weighted by molar-refractivity contribution is -0.146. The van der Waals surface area contributed by atoms with Crippen molar-refractivity contribution in [2.45, 2.75) is 44.6 Å². The van der Waals surface area contributed by atoms with E-state index in [0.29, 0.717) is 18.9 Å². The fourth-order valence-corrected chi connectivity index (χ4v) is 5.72. The van der Waals surface area contributed by atoms with Gasteiger partial charge in [-0.1, -0.05) is 6.42 Å². The van der Waals surface area contributed by atoms with E-state index < -0.39 is 16.8 Å². The lowest BCUT2D eigenvalue weighted by Gasteiger charge is -2.21. The lowest BCUT2D eigenvalue weighted by Crippen LogP contribution is -2.43. The zero-order chi connectivity index (χ0) is 13.0. The van der Waals surface area contributed by atoms with Gasteiger partial charge in [0.25, 0.3) is 0 Å². The summed E-state index contributed by atoms with van der Waals surface area (Å²) in [5, 5.41) is 12.7. The molecule has 4 heteroatoms. The number of hydrogen-bond acceptors (Lipinski definition) is 2. The number of carbonyl (C=O) groups is 2. The van der Waals surface area contributed by atoms with Gasteiger partial charge in [-0.3, -0.25) is 9.59 Å².